The molecular weight excluding hydrogens is 340 g/mol. The number of rotatable bonds is 4. The largest absolute Gasteiger partial charge is 0.493 e. The maximum absolute atomic E-state index is 10.6. The van der Waals surface area contributed by atoms with Gasteiger partial charge in [0.1, 0.15) is 12.2 Å². The molecule has 26 heavy (non-hydrogen) atoms. The van der Waals surface area contributed by atoms with Crippen LogP contribution in [0, 0.1) is 22.0 Å². The lowest BCUT2D eigenvalue weighted by Crippen LogP contribution is -2.55. The Morgan fingerprint density at radius 2 is 2.19 bits per heavy atom. The summed E-state index contributed by atoms with van der Waals surface area (Å²) in [5.74, 6) is 1.74. The number of ether oxygens (including phenoxy) is 2. The van der Waals surface area contributed by atoms with Crippen molar-refractivity contribution in [2.75, 3.05) is 20.7 Å². The van der Waals surface area contributed by atoms with Gasteiger partial charge < -0.3 is 14.4 Å². The Bertz CT molecular complexity index is 724. The molecule has 5 atom stereocenters. The van der Waals surface area contributed by atoms with E-state index in [9.17, 15) is 10.1 Å². The third kappa shape index (κ3) is 2.99. The fourth-order valence-electron chi connectivity index (χ4n) is 4.48. The number of benzene rings is 1. The standard InChI is InChI=1S/C18H22N2O6/c1-19-8-7-13-12-4-6-16(25-26-20(21)22)18(13)24-17-10-11(9-14(12)19)3-5-15(17)23-2/h3-6,10,12-14,16,18H,7-9H2,1-2H3/t12-,13+,14-,16+,18-/m1/s1. The van der Waals surface area contributed by atoms with E-state index in [2.05, 4.69) is 29.1 Å². The number of methoxy groups -OCH3 is 1. The summed E-state index contributed by atoms with van der Waals surface area (Å²) >= 11 is 0. The minimum atomic E-state index is -0.951. The minimum absolute atomic E-state index is 0.181. The molecule has 1 saturated heterocycles. The molecule has 2 heterocycles. The van der Waals surface area contributed by atoms with Crippen molar-refractivity contribution in [1.29, 1.82) is 0 Å². The topological polar surface area (TPSA) is 83.3 Å². The van der Waals surface area contributed by atoms with Crippen LogP contribution in [0.1, 0.15) is 12.0 Å². The van der Waals surface area contributed by atoms with Gasteiger partial charge in [-0.15, -0.1) is 15.1 Å². The Balaban J connectivity index is 1.74. The predicted octanol–water partition coefficient (Wildman–Crippen LogP) is 2.01. The van der Waals surface area contributed by atoms with Crippen molar-refractivity contribution in [3.8, 4) is 11.5 Å². The number of fused-ring (bicyclic) bond motifs is 2. The molecule has 0 amide bonds. The second kappa shape index (κ2) is 6.77. The van der Waals surface area contributed by atoms with Crippen molar-refractivity contribution in [2.45, 2.75) is 31.1 Å². The molecule has 0 N–H and O–H groups in total. The molecule has 1 aliphatic carbocycles. The van der Waals surface area contributed by atoms with Crippen molar-refractivity contribution in [3.63, 3.8) is 0 Å². The smallest absolute Gasteiger partial charge is 0.322 e. The fourth-order valence-corrected chi connectivity index (χ4v) is 4.48. The van der Waals surface area contributed by atoms with Crippen molar-refractivity contribution in [3.05, 3.63) is 46.0 Å². The van der Waals surface area contributed by atoms with Gasteiger partial charge in [0.15, 0.2) is 11.5 Å². The highest BCUT2D eigenvalue weighted by Crippen LogP contribution is 2.43. The maximum atomic E-state index is 10.6. The normalized spacial score (nSPS) is 32.6. The number of hydrogen-bond acceptors (Lipinski definition) is 7. The molecule has 0 aromatic heterocycles. The Morgan fingerprint density at radius 1 is 1.35 bits per heavy atom. The third-order valence-electron chi connectivity index (χ3n) is 5.74. The van der Waals surface area contributed by atoms with Crippen molar-refractivity contribution >= 4 is 0 Å². The van der Waals surface area contributed by atoms with Crippen LogP contribution in [0.15, 0.2) is 30.4 Å². The van der Waals surface area contributed by atoms with Gasteiger partial charge in [-0.2, -0.15) is 4.89 Å². The Hall–Kier alpha value is -2.32. The molecule has 4 rings (SSSR count). The van der Waals surface area contributed by atoms with Gasteiger partial charge >= 0.3 is 5.09 Å². The monoisotopic (exact) mass is 362 g/mol. The maximum Gasteiger partial charge on any atom is 0.322 e. The highest BCUT2D eigenvalue weighted by Gasteiger charge is 2.46. The van der Waals surface area contributed by atoms with Gasteiger partial charge in [0.25, 0.3) is 0 Å². The molecule has 6 bridgehead atoms. The molecule has 1 aromatic carbocycles. The summed E-state index contributed by atoms with van der Waals surface area (Å²) in [5, 5.41) is 9.61. The van der Waals surface area contributed by atoms with Gasteiger partial charge in [-0.05, 0) is 50.0 Å². The fraction of sp³-hybridized carbons (Fsp3) is 0.556. The van der Waals surface area contributed by atoms with E-state index in [1.807, 2.05) is 18.2 Å². The van der Waals surface area contributed by atoms with Crippen molar-refractivity contribution in [2.24, 2.45) is 11.8 Å². The lowest BCUT2D eigenvalue weighted by molar-refractivity contribution is -0.854. The summed E-state index contributed by atoms with van der Waals surface area (Å²) in [6.45, 7) is 0.940. The van der Waals surface area contributed by atoms with Gasteiger partial charge in [-0.3, -0.25) is 0 Å². The molecule has 2 aliphatic heterocycles. The Morgan fingerprint density at radius 3 is 2.96 bits per heavy atom. The number of likely N-dealkylation sites (tertiary alicyclic amines) is 1. The van der Waals surface area contributed by atoms with E-state index in [0.717, 1.165) is 19.4 Å². The second-order valence-electron chi connectivity index (χ2n) is 7.09. The quantitative estimate of drug-likeness (QED) is 0.351. The van der Waals surface area contributed by atoms with Crippen LogP contribution < -0.4 is 9.47 Å². The molecule has 1 fully saturated rings. The second-order valence-corrected chi connectivity index (χ2v) is 7.09. The van der Waals surface area contributed by atoms with Gasteiger partial charge in [0.2, 0.25) is 0 Å². The predicted molar refractivity (Wildman–Crippen MR) is 91.2 cm³/mol. The van der Waals surface area contributed by atoms with Crippen LogP contribution in [-0.4, -0.2) is 48.9 Å². The molecule has 3 aliphatic rings. The summed E-state index contributed by atoms with van der Waals surface area (Å²) in [7, 11) is 3.74. The molecule has 0 unspecified atom stereocenters. The SMILES string of the molecule is COc1ccc2cc1O[C@@H]1[C@H]3CCN(C)[C@H](C2)[C@@H]3C=C[C@@H]1OO[N+](=O)[O-]. The molecule has 8 heteroatoms. The Kier molecular flexibility index (Phi) is 4.46. The van der Waals surface area contributed by atoms with Gasteiger partial charge in [-0.25, -0.2) is 0 Å². The van der Waals surface area contributed by atoms with Gasteiger partial charge in [-0.1, -0.05) is 18.2 Å². The van der Waals surface area contributed by atoms with Crippen molar-refractivity contribution < 1.29 is 24.4 Å². The first-order chi connectivity index (χ1) is 12.6. The summed E-state index contributed by atoms with van der Waals surface area (Å²) in [4.78, 5) is 22.2. The lowest BCUT2D eigenvalue weighted by atomic mass is 9.71. The van der Waals surface area contributed by atoms with Crippen molar-refractivity contribution in [1.82, 2.24) is 4.90 Å². The van der Waals surface area contributed by atoms with E-state index in [1.54, 1.807) is 7.11 Å². The highest BCUT2D eigenvalue weighted by molar-refractivity contribution is 5.44. The molecule has 0 radical (unpaired) electrons. The summed E-state index contributed by atoms with van der Waals surface area (Å²) in [6, 6.07) is 6.30. The average Bonchev–Trinajstić information content (AvgIpc) is 2.64. The number of piperidine rings is 1. The zero-order valence-corrected chi connectivity index (χ0v) is 14.7. The van der Waals surface area contributed by atoms with Crippen LogP contribution in [-0.2, 0) is 16.3 Å². The van der Waals surface area contributed by atoms with Gasteiger partial charge in [0, 0.05) is 12.0 Å². The van der Waals surface area contributed by atoms with Crippen LogP contribution in [0.2, 0.25) is 0 Å². The molecular formula is C18H22N2O6. The number of likely N-dealkylation sites (N-methyl/N-ethyl adjacent to an activating group) is 1. The zero-order chi connectivity index (χ0) is 18.3. The molecule has 8 nitrogen and oxygen atoms in total. The van der Waals surface area contributed by atoms with E-state index in [1.165, 1.54) is 5.56 Å². The third-order valence-corrected chi connectivity index (χ3v) is 5.74. The van der Waals surface area contributed by atoms with Crippen LogP contribution in [0.4, 0.5) is 0 Å². The highest BCUT2D eigenvalue weighted by atomic mass is 17.3. The molecule has 0 saturated carbocycles. The molecule has 1 aromatic rings. The van der Waals surface area contributed by atoms with Crippen LogP contribution >= 0.6 is 0 Å². The van der Waals surface area contributed by atoms with E-state index < -0.39 is 11.2 Å². The van der Waals surface area contributed by atoms with E-state index in [4.69, 9.17) is 14.4 Å². The van der Waals surface area contributed by atoms with Crippen LogP contribution in [0.25, 0.3) is 0 Å². The van der Waals surface area contributed by atoms with E-state index in [0.29, 0.717) is 17.5 Å². The summed E-state index contributed by atoms with van der Waals surface area (Å²) < 4.78 is 11.7. The summed E-state index contributed by atoms with van der Waals surface area (Å²) in [6.07, 6.45) is 4.71. The average molecular weight is 362 g/mol. The zero-order valence-electron chi connectivity index (χ0n) is 14.7. The molecule has 0 spiro atoms. The van der Waals surface area contributed by atoms with Crippen LogP contribution in [0.3, 0.4) is 0 Å². The van der Waals surface area contributed by atoms with E-state index >= 15 is 0 Å². The first kappa shape index (κ1) is 17.1. The molecule has 140 valence electrons. The lowest BCUT2D eigenvalue weighted by Gasteiger charge is -2.47. The number of hydrogen-bond donors (Lipinski definition) is 0. The number of nitrogens with zero attached hydrogens (tertiary/aromatic N) is 2. The Labute approximate surface area is 151 Å². The van der Waals surface area contributed by atoms with E-state index in [-0.39, 0.29) is 17.9 Å². The first-order valence-electron chi connectivity index (χ1n) is 8.77. The van der Waals surface area contributed by atoms with Gasteiger partial charge in [0.05, 0.1) is 7.11 Å². The van der Waals surface area contributed by atoms with Crippen LogP contribution in [0.5, 0.6) is 11.5 Å². The summed E-state index contributed by atoms with van der Waals surface area (Å²) in [5.41, 5.74) is 1.18. The first-order valence-corrected chi connectivity index (χ1v) is 8.77. The minimum Gasteiger partial charge on any atom is -0.493 e.